The third-order valence-corrected chi connectivity index (χ3v) is 3.87. The van der Waals surface area contributed by atoms with Crippen molar-refractivity contribution in [1.82, 2.24) is 10.1 Å². The summed E-state index contributed by atoms with van der Waals surface area (Å²) in [6.45, 7) is 1.71. The molecule has 0 aliphatic heterocycles. The summed E-state index contributed by atoms with van der Waals surface area (Å²) in [6.07, 6.45) is -0.230. The van der Waals surface area contributed by atoms with E-state index >= 15 is 0 Å². The van der Waals surface area contributed by atoms with E-state index < -0.39 is 12.0 Å². The van der Waals surface area contributed by atoms with E-state index in [0.29, 0.717) is 18.0 Å². The molecule has 8 heteroatoms. The molecule has 0 saturated carbocycles. The Morgan fingerprint density at radius 1 is 1.26 bits per heavy atom. The van der Waals surface area contributed by atoms with Crippen LogP contribution >= 0.6 is 0 Å². The Balaban J connectivity index is 1.75. The molecule has 1 aromatic heterocycles. The van der Waals surface area contributed by atoms with Crippen LogP contribution in [0.2, 0.25) is 0 Å². The summed E-state index contributed by atoms with van der Waals surface area (Å²) in [5.74, 6) is 0.524. The molecule has 0 radical (unpaired) electrons. The predicted molar refractivity (Wildman–Crippen MR) is 94.1 cm³/mol. The fourth-order valence-electron chi connectivity index (χ4n) is 2.46. The average molecular weight is 371 g/mol. The predicted octanol–water partition coefficient (Wildman–Crippen LogP) is 3.05. The van der Waals surface area contributed by atoms with Crippen LogP contribution in [0.4, 0.5) is 4.39 Å². The number of nitrogens with zero attached hydrogens (tertiary/aromatic N) is 2. The molecule has 1 amide bonds. The number of ether oxygens (including phenoxy) is 2. The van der Waals surface area contributed by atoms with Gasteiger partial charge in [0, 0.05) is 12.5 Å². The molecule has 1 unspecified atom stereocenters. The largest absolute Gasteiger partial charge is 0.497 e. The van der Waals surface area contributed by atoms with Crippen LogP contribution in [0.15, 0.2) is 47.0 Å². The first-order valence-corrected chi connectivity index (χ1v) is 8.17. The fourth-order valence-corrected chi connectivity index (χ4v) is 2.46. The molecule has 2 aromatic carbocycles. The number of primary amides is 1. The lowest BCUT2D eigenvalue weighted by Gasteiger charge is -2.14. The van der Waals surface area contributed by atoms with Crippen molar-refractivity contribution in [3.63, 3.8) is 0 Å². The van der Waals surface area contributed by atoms with E-state index in [1.54, 1.807) is 31.2 Å². The van der Waals surface area contributed by atoms with Crippen LogP contribution in [0.3, 0.4) is 0 Å². The van der Waals surface area contributed by atoms with Gasteiger partial charge in [0.05, 0.1) is 12.7 Å². The van der Waals surface area contributed by atoms with Crippen LogP contribution < -0.4 is 15.2 Å². The molecule has 0 saturated heterocycles. The molecule has 0 spiro atoms. The second kappa shape index (κ2) is 7.86. The summed E-state index contributed by atoms with van der Waals surface area (Å²) in [4.78, 5) is 15.9. The summed E-state index contributed by atoms with van der Waals surface area (Å²) < 4.78 is 29.2. The van der Waals surface area contributed by atoms with Gasteiger partial charge in [0.1, 0.15) is 17.3 Å². The molecule has 2 N–H and O–H groups in total. The zero-order valence-electron chi connectivity index (χ0n) is 14.8. The molecular weight excluding hydrogens is 353 g/mol. The third kappa shape index (κ3) is 4.41. The zero-order valence-corrected chi connectivity index (χ0v) is 14.8. The van der Waals surface area contributed by atoms with Crippen LogP contribution in [-0.2, 0) is 6.42 Å². The Morgan fingerprint density at radius 3 is 2.67 bits per heavy atom. The monoisotopic (exact) mass is 371 g/mol. The van der Waals surface area contributed by atoms with Crippen molar-refractivity contribution in [2.75, 3.05) is 7.11 Å². The maximum absolute atomic E-state index is 13.0. The maximum Gasteiger partial charge on any atom is 0.267 e. The fraction of sp³-hybridized carbons (Fsp3) is 0.211. The van der Waals surface area contributed by atoms with Crippen LogP contribution in [0.5, 0.6) is 11.5 Å². The Labute approximate surface area is 154 Å². The van der Waals surface area contributed by atoms with E-state index in [2.05, 4.69) is 10.1 Å². The molecule has 3 rings (SSSR count). The Bertz CT molecular complexity index is 940. The topological polar surface area (TPSA) is 100 Å². The van der Waals surface area contributed by atoms with Gasteiger partial charge in [-0.3, -0.25) is 4.79 Å². The average Bonchev–Trinajstić information content (AvgIpc) is 3.12. The molecule has 0 bridgehead atoms. The first-order valence-electron chi connectivity index (χ1n) is 8.17. The first kappa shape index (κ1) is 18.4. The molecule has 27 heavy (non-hydrogen) atoms. The minimum absolute atomic E-state index is 0.216. The van der Waals surface area contributed by atoms with Crippen molar-refractivity contribution < 1.29 is 23.2 Å². The van der Waals surface area contributed by atoms with Crippen LogP contribution in [0.1, 0.15) is 40.7 Å². The molecule has 0 aliphatic rings. The van der Waals surface area contributed by atoms with Crippen molar-refractivity contribution in [3.05, 3.63) is 71.1 Å². The van der Waals surface area contributed by atoms with Gasteiger partial charge >= 0.3 is 0 Å². The zero-order chi connectivity index (χ0) is 19.4. The second-order valence-electron chi connectivity index (χ2n) is 5.84. The van der Waals surface area contributed by atoms with Gasteiger partial charge in [0.25, 0.3) is 11.8 Å². The number of amides is 1. The van der Waals surface area contributed by atoms with Crippen molar-refractivity contribution in [2.45, 2.75) is 19.4 Å². The van der Waals surface area contributed by atoms with E-state index in [0.717, 1.165) is 5.56 Å². The van der Waals surface area contributed by atoms with Gasteiger partial charge < -0.3 is 19.7 Å². The molecule has 1 heterocycles. The molecule has 0 aliphatic carbocycles. The number of methoxy groups -OCH3 is 1. The lowest BCUT2D eigenvalue weighted by atomic mass is 10.1. The summed E-state index contributed by atoms with van der Waals surface area (Å²) >= 11 is 0. The number of halogens is 1. The Kier molecular flexibility index (Phi) is 5.35. The smallest absolute Gasteiger partial charge is 0.267 e. The van der Waals surface area contributed by atoms with Gasteiger partial charge in [0.2, 0.25) is 0 Å². The number of benzene rings is 2. The minimum Gasteiger partial charge on any atom is -0.497 e. The number of hydrogen-bond acceptors (Lipinski definition) is 6. The molecule has 140 valence electrons. The number of carbonyl (C=O) groups is 1. The normalized spacial score (nSPS) is 11.8. The van der Waals surface area contributed by atoms with Crippen LogP contribution in [0.25, 0.3) is 0 Å². The van der Waals surface area contributed by atoms with Gasteiger partial charge in [-0.15, -0.1) is 0 Å². The highest BCUT2D eigenvalue weighted by molar-refractivity contribution is 5.95. The molecule has 3 aromatic rings. The van der Waals surface area contributed by atoms with Crippen LogP contribution in [0, 0.1) is 5.82 Å². The molecular formula is C19H18FN3O4. The van der Waals surface area contributed by atoms with Crippen molar-refractivity contribution in [3.8, 4) is 11.5 Å². The van der Waals surface area contributed by atoms with E-state index in [9.17, 15) is 9.18 Å². The summed E-state index contributed by atoms with van der Waals surface area (Å²) in [6, 6.07) is 10.8. The highest BCUT2D eigenvalue weighted by Crippen LogP contribution is 2.28. The standard InChI is InChI=1S/C19H18FN3O4/c1-11(26-16-10-14(25-2)7-8-15(16)18(21)24)19-22-17(23-27-19)9-12-3-5-13(20)6-4-12/h3-8,10-11H,9H2,1-2H3,(H2,21,24). The van der Waals surface area contributed by atoms with Gasteiger partial charge in [-0.1, -0.05) is 17.3 Å². The molecule has 1 atom stereocenters. The quantitative estimate of drug-likeness (QED) is 0.685. The molecule has 7 nitrogen and oxygen atoms in total. The number of hydrogen-bond donors (Lipinski definition) is 1. The Hall–Kier alpha value is -3.42. The van der Waals surface area contributed by atoms with E-state index in [-0.39, 0.29) is 23.0 Å². The number of carbonyl (C=O) groups excluding carboxylic acids is 1. The van der Waals surface area contributed by atoms with Gasteiger partial charge in [-0.2, -0.15) is 4.98 Å². The maximum atomic E-state index is 13.0. The summed E-state index contributed by atoms with van der Waals surface area (Å²) in [5.41, 5.74) is 6.45. The Morgan fingerprint density at radius 2 is 2.00 bits per heavy atom. The van der Waals surface area contributed by atoms with Gasteiger partial charge in [-0.25, -0.2) is 4.39 Å². The number of rotatable bonds is 7. The van der Waals surface area contributed by atoms with Crippen molar-refractivity contribution >= 4 is 5.91 Å². The third-order valence-electron chi connectivity index (χ3n) is 3.87. The van der Waals surface area contributed by atoms with Gasteiger partial charge in [-0.05, 0) is 36.8 Å². The molecule has 0 fully saturated rings. The van der Waals surface area contributed by atoms with E-state index in [1.165, 1.54) is 25.3 Å². The van der Waals surface area contributed by atoms with E-state index in [1.807, 2.05) is 0 Å². The SMILES string of the molecule is COc1ccc(C(N)=O)c(OC(C)c2nc(Cc3ccc(F)cc3)no2)c1. The van der Waals surface area contributed by atoms with E-state index in [4.69, 9.17) is 19.7 Å². The van der Waals surface area contributed by atoms with Crippen molar-refractivity contribution in [2.24, 2.45) is 5.73 Å². The number of nitrogens with two attached hydrogens (primary N) is 1. The first-order chi connectivity index (χ1) is 13.0. The number of aromatic nitrogens is 2. The lowest BCUT2D eigenvalue weighted by molar-refractivity contribution is 0.0990. The lowest BCUT2D eigenvalue weighted by Crippen LogP contribution is -2.14. The minimum atomic E-state index is -0.623. The van der Waals surface area contributed by atoms with Crippen molar-refractivity contribution in [1.29, 1.82) is 0 Å². The van der Waals surface area contributed by atoms with Crippen LogP contribution in [-0.4, -0.2) is 23.2 Å². The van der Waals surface area contributed by atoms with Gasteiger partial charge in [0.15, 0.2) is 11.9 Å². The highest BCUT2D eigenvalue weighted by Gasteiger charge is 2.19. The second-order valence-corrected chi connectivity index (χ2v) is 5.84. The summed E-state index contributed by atoms with van der Waals surface area (Å²) in [7, 11) is 1.51. The highest BCUT2D eigenvalue weighted by atomic mass is 19.1. The summed E-state index contributed by atoms with van der Waals surface area (Å²) in [5, 5.41) is 3.91.